The highest BCUT2D eigenvalue weighted by Gasteiger charge is 2.46. The first-order valence-corrected chi connectivity index (χ1v) is 6.67. The molecule has 2 aliphatic rings. The van der Waals surface area contributed by atoms with Crippen LogP contribution in [0.5, 0.6) is 0 Å². The zero-order chi connectivity index (χ0) is 9.54. The van der Waals surface area contributed by atoms with Crippen molar-refractivity contribution < 1.29 is 0 Å². The van der Waals surface area contributed by atoms with Gasteiger partial charge in [-0.15, -0.1) is 10.2 Å². The minimum atomic E-state index is 0.856. The lowest BCUT2D eigenvalue weighted by Gasteiger charge is -1.99. The van der Waals surface area contributed by atoms with Gasteiger partial charge in [0.15, 0.2) is 3.92 Å². The molecule has 2 saturated carbocycles. The highest BCUT2D eigenvalue weighted by atomic mass is 79.9. The summed E-state index contributed by atoms with van der Waals surface area (Å²) >= 11 is 4.87. The number of hydrogen-bond acceptors (Lipinski definition) is 4. The lowest BCUT2D eigenvalue weighted by Crippen LogP contribution is -2.04. The van der Waals surface area contributed by atoms with Crippen molar-refractivity contribution in [2.75, 3.05) is 11.9 Å². The molecule has 14 heavy (non-hydrogen) atoms. The van der Waals surface area contributed by atoms with Gasteiger partial charge in [-0.2, -0.15) is 0 Å². The van der Waals surface area contributed by atoms with Crippen LogP contribution in [-0.2, 0) is 0 Å². The van der Waals surface area contributed by atoms with E-state index in [2.05, 4.69) is 31.4 Å². The predicted molar refractivity (Wildman–Crippen MR) is 60.4 cm³/mol. The third-order valence-electron chi connectivity index (χ3n) is 3.12. The second-order valence-corrected chi connectivity index (χ2v) is 6.49. The monoisotopic (exact) mass is 273 g/mol. The molecule has 0 saturated heterocycles. The largest absolute Gasteiger partial charge is 0.360 e. The van der Waals surface area contributed by atoms with Gasteiger partial charge in [-0.05, 0) is 52.9 Å². The van der Waals surface area contributed by atoms with Gasteiger partial charge in [-0.1, -0.05) is 11.3 Å². The van der Waals surface area contributed by atoms with Gasteiger partial charge in [0.25, 0.3) is 0 Å². The summed E-state index contributed by atoms with van der Waals surface area (Å²) in [5, 5.41) is 12.2. The molecule has 0 aromatic carbocycles. The SMILES string of the molecule is Brc1nnc(NC[C@@H]2C[C@H]2C2CC2)s1. The van der Waals surface area contributed by atoms with Crippen LogP contribution in [0.4, 0.5) is 5.13 Å². The molecule has 0 unspecified atom stereocenters. The molecule has 1 aromatic rings. The molecule has 3 nitrogen and oxygen atoms in total. The lowest BCUT2D eigenvalue weighted by molar-refractivity contribution is 0.643. The number of halogens is 1. The fourth-order valence-corrected chi connectivity index (χ4v) is 3.12. The van der Waals surface area contributed by atoms with Crippen molar-refractivity contribution in [1.29, 1.82) is 0 Å². The molecule has 0 aliphatic heterocycles. The number of anilines is 1. The molecule has 5 heteroatoms. The van der Waals surface area contributed by atoms with E-state index in [1.54, 1.807) is 11.3 Å². The fraction of sp³-hybridized carbons (Fsp3) is 0.778. The van der Waals surface area contributed by atoms with Crippen LogP contribution in [0.25, 0.3) is 0 Å². The average molecular weight is 274 g/mol. The van der Waals surface area contributed by atoms with Crippen LogP contribution in [0.3, 0.4) is 0 Å². The summed E-state index contributed by atoms with van der Waals surface area (Å²) in [6, 6.07) is 0. The summed E-state index contributed by atoms with van der Waals surface area (Å²) in [6.07, 6.45) is 4.38. The molecule has 2 atom stereocenters. The van der Waals surface area contributed by atoms with Gasteiger partial charge >= 0.3 is 0 Å². The minimum Gasteiger partial charge on any atom is -0.360 e. The van der Waals surface area contributed by atoms with Crippen LogP contribution in [-0.4, -0.2) is 16.7 Å². The van der Waals surface area contributed by atoms with Crippen LogP contribution in [0.2, 0.25) is 0 Å². The molecule has 76 valence electrons. The van der Waals surface area contributed by atoms with E-state index in [9.17, 15) is 0 Å². The normalized spacial score (nSPS) is 30.4. The number of hydrogen-bond donors (Lipinski definition) is 1. The minimum absolute atomic E-state index is 0.856. The number of nitrogens with zero attached hydrogens (tertiary/aromatic N) is 2. The maximum Gasteiger partial charge on any atom is 0.206 e. The number of rotatable bonds is 4. The van der Waals surface area contributed by atoms with Gasteiger partial charge in [0.2, 0.25) is 5.13 Å². The van der Waals surface area contributed by atoms with E-state index in [1.165, 1.54) is 19.3 Å². The van der Waals surface area contributed by atoms with Gasteiger partial charge in [0, 0.05) is 6.54 Å². The Balaban J connectivity index is 1.46. The summed E-state index contributed by atoms with van der Waals surface area (Å²) < 4.78 is 0.856. The first kappa shape index (κ1) is 9.09. The zero-order valence-corrected chi connectivity index (χ0v) is 10.1. The first-order chi connectivity index (χ1) is 6.83. The Morgan fingerprint density at radius 3 is 2.93 bits per heavy atom. The van der Waals surface area contributed by atoms with Crippen molar-refractivity contribution in [2.24, 2.45) is 17.8 Å². The summed E-state index contributed by atoms with van der Waals surface area (Å²) in [6.45, 7) is 1.09. The third kappa shape index (κ3) is 1.93. The van der Waals surface area contributed by atoms with E-state index in [-0.39, 0.29) is 0 Å². The molecule has 2 fully saturated rings. The molecule has 1 heterocycles. The van der Waals surface area contributed by atoms with Crippen molar-refractivity contribution in [2.45, 2.75) is 19.3 Å². The summed E-state index contributed by atoms with van der Waals surface area (Å²) in [7, 11) is 0. The van der Waals surface area contributed by atoms with E-state index in [4.69, 9.17) is 0 Å². The molecule has 0 bridgehead atoms. The van der Waals surface area contributed by atoms with E-state index in [1.807, 2.05) is 0 Å². The second kappa shape index (κ2) is 3.45. The van der Waals surface area contributed by atoms with Gasteiger partial charge in [0.1, 0.15) is 0 Å². The fourth-order valence-electron chi connectivity index (χ4n) is 2.10. The lowest BCUT2D eigenvalue weighted by atomic mass is 10.2. The van der Waals surface area contributed by atoms with Gasteiger partial charge in [-0.25, -0.2) is 0 Å². The van der Waals surface area contributed by atoms with E-state index >= 15 is 0 Å². The molecule has 3 rings (SSSR count). The number of nitrogens with one attached hydrogen (secondary N) is 1. The van der Waals surface area contributed by atoms with Crippen LogP contribution in [0.1, 0.15) is 19.3 Å². The molecule has 1 aromatic heterocycles. The van der Waals surface area contributed by atoms with Gasteiger partial charge < -0.3 is 5.32 Å². The molecular weight excluding hydrogens is 262 g/mol. The van der Waals surface area contributed by atoms with Crippen molar-refractivity contribution >= 4 is 32.4 Å². The molecule has 0 spiro atoms. The Bertz CT molecular complexity index is 337. The van der Waals surface area contributed by atoms with Crippen LogP contribution >= 0.6 is 27.3 Å². The molecular formula is C9H12BrN3S. The molecule has 0 amide bonds. The van der Waals surface area contributed by atoms with Crippen LogP contribution < -0.4 is 5.32 Å². The standard InChI is InChI=1S/C9H12BrN3S/c10-8-12-13-9(14-8)11-4-6-3-7(6)5-1-2-5/h5-7H,1-4H2,(H,11,13)/t6-,7-/m0/s1. The van der Waals surface area contributed by atoms with Crippen molar-refractivity contribution in [3.63, 3.8) is 0 Å². The van der Waals surface area contributed by atoms with Gasteiger partial charge in [-0.3, -0.25) is 0 Å². The topological polar surface area (TPSA) is 37.8 Å². The highest BCUT2D eigenvalue weighted by Crippen LogP contribution is 2.54. The van der Waals surface area contributed by atoms with E-state index < -0.39 is 0 Å². The van der Waals surface area contributed by atoms with Crippen LogP contribution in [0.15, 0.2) is 3.92 Å². The zero-order valence-electron chi connectivity index (χ0n) is 7.74. The smallest absolute Gasteiger partial charge is 0.206 e. The average Bonchev–Trinajstić information content (AvgIpc) is 3.03. The Morgan fingerprint density at radius 1 is 1.43 bits per heavy atom. The maximum atomic E-state index is 4.01. The Morgan fingerprint density at radius 2 is 2.29 bits per heavy atom. The van der Waals surface area contributed by atoms with Crippen molar-refractivity contribution in [1.82, 2.24) is 10.2 Å². The summed E-state index contributed by atoms with van der Waals surface area (Å²) in [4.78, 5) is 0. The molecule has 2 aliphatic carbocycles. The first-order valence-electron chi connectivity index (χ1n) is 5.06. The Hall–Kier alpha value is -0.160. The van der Waals surface area contributed by atoms with E-state index in [0.717, 1.165) is 33.3 Å². The van der Waals surface area contributed by atoms with E-state index in [0.29, 0.717) is 0 Å². The predicted octanol–water partition coefficient (Wildman–Crippen LogP) is 2.76. The van der Waals surface area contributed by atoms with Crippen molar-refractivity contribution in [3.8, 4) is 0 Å². The van der Waals surface area contributed by atoms with Gasteiger partial charge in [0.05, 0.1) is 0 Å². The summed E-state index contributed by atoms with van der Waals surface area (Å²) in [5.41, 5.74) is 0. The third-order valence-corrected chi connectivity index (χ3v) is 4.43. The molecule has 0 radical (unpaired) electrons. The number of aromatic nitrogens is 2. The second-order valence-electron chi connectivity index (χ2n) is 4.24. The highest BCUT2D eigenvalue weighted by molar-refractivity contribution is 9.11. The van der Waals surface area contributed by atoms with Crippen LogP contribution in [0, 0.1) is 17.8 Å². The quantitative estimate of drug-likeness (QED) is 0.917. The molecule has 1 N–H and O–H groups in total. The Labute approximate surface area is 95.4 Å². The summed E-state index contributed by atoms with van der Waals surface area (Å²) in [5.74, 6) is 3.01. The van der Waals surface area contributed by atoms with Crippen molar-refractivity contribution in [3.05, 3.63) is 3.92 Å². The Kier molecular flexibility index (Phi) is 2.24. The maximum absolute atomic E-state index is 4.01.